The Morgan fingerprint density at radius 2 is 1.95 bits per heavy atom. The molecule has 0 heterocycles. The van der Waals surface area contributed by atoms with E-state index in [0.29, 0.717) is 19.6 Å². The van der Waals surface area contributed by atoms with Crippen LogP contribution in [0.4, 0.5) is 0 Å². The Balaban J connectivity index is 0.00000361. The van der Waals surface area contributed by atoms with Crippen molar-refractivity contribution in [2.24, 2.45) is 5.73 Å². The van der Waals surface area contributed by atoms with Crippen LogP contribution in [0.5, 0.6) is 0 Å². The number of hydrogen-bond donors (Lipinski definition) is 2. The lowest BCUT2D eigenvalue weighted by atomic mass is 9.96. The minimum Gasteiger partial charge on any atom is -0.380 e. The van der Waals surface area contributed by atoms with Gasteiger partial charge in [-0.25, -0.2) is 0 Å². The van der Waals surface area contributed by atoms with Gasteiger partial charge < -0.3 is 15.8 Å². The fourth-order valence-corrected chi connectivity index (χ4v) is 2.04. The molecule has 1 unspecified atom stereocenters. The Hall–Kier alpha value is -1.10. The second kappa shape index (κ2) is 8.95. The first-order valence-corrected chi connectivity index (χ1v) is 6.64. The molecule has 0 aliphatic heterocycles. The van der Waals surface area contributed by atoms with E-state index < -0.39 is 5.54 Å². The molecule has 5 heteroatoms. The molecule has 114 valence electrons. The van der Waals surface area contributed by atoms with E-state index in [1.807, 2.05) is 31.2 Å². The first kappa shape index (κ1) is 18.9. The van der Waals surface area contributed by atoms with Crippen LogP contribution in [0.3, 0.4) is 0 Å². The van der Waals surface area contributed by atoms with Gasteiger partial charge in [0.2, 0.25) is 5.91 Å². The maximum atomic E-state index is 12.0. The third kappa shape index (κ3) is 5.49. The molecule has 1 amide bonds. The van der Waals surface area contributed by atoms with Gasteiger partial charge in [-0.15, -0.1) is 12.4 Å². The number of hydrogen-bond acceptors (Lipinski definition) is 3. The quantitative estimate of drug-likeness (QED) is 0.812. The number of methoxy groups -OCH3 is 1. The maximum absolute atomic E-state index is 12.0. The zero-order valence-corrected chi connectivity index (χ0v) is 13.3. The van der Waals surface area contributed by atoms with Crippen molar-refractivity contribution in [1.82, 2.24) is 5.32 Å². The Bertz CT molecular complexity index is 422. The summed E-state index contributed by atoms with van der Waals surface area (Å²) >= 11 is 0. The molecule has 0 fully saturated rings. The lowest BCUT2D eigenvalue weighted by Crippen LogP contribution is -2.51. The van der Waals surface area contributed by atoms with Gasteiger partial charge in [0.15, 0.2) is 0 Å². The SMILES string of the molecule is CCCC(C)(N)C(=O)NCc1ccccc1COC.Cl. The smallest absolute Gasteiger partial charge is 0.240 e. The first-order chi connectivity index (χ1) is 9.01. The number of ether oxygens (including phenoxy) is 1. The fraction of sp³-hybridized carbons (Fsp3) is 0.533. The van der Waals surface area contributed by atoms with Crippen molar-refractivity contribution in [1.29, 1.82) is 0 Å². The molecule has 3 N–H and O–H groups in total. The van der Waals surface area contributed by atoms with Gasteiger partial charge in [-0.2, -0.15) is 0 Å². The van der Waals surface area contributed by atoms with Crippen LogP contribution in [0.1, 0.15) is 37.8 Å². The molecule has 0 bridgehead atoms. The van der Waals surface area contributed by atoms with Crippen LogP contribution in [0, 0.1) is 0 Å². The number of carbonyl (C=O) groups is 1. The van der Waals surface area contributed by atoms with E-state index in [9.17, 15) is 4.79 Å². The number of amides is 1. The summed E-state index contributed by atoms with van der Waals surface area (Å²) in [7, 11) is 1.66. The summed E-state index contributed by atoms with van der Waals surface area (Å²) in [4.78, 5) is 12.0. The molecule has 0 radical (unpaired) electrons. The van der Waals surface area contributed by atoms with Gasteiger partial charge in [0.05, 0.1) is 12.1 Å². The van der Waals surface area contributed by atoms with E-state index in [4.69, 9.17) is 10.5 Å². The van der Waals surface area contributed by atoms with E-state index in [2.05, 4.69) is 5.32 Å². The van der Waals surface area contributed by atoms with E-state index in [1.165, 1.54) is 0 Å². The van der Waals surface area contributed by atoms with Crippen molar-refractivity contribution in [3.63, 3.8) is 0 Å². The highest BCUT2D eigenvalue weighted by Gasteiger charge is 2.26. The number of nitrogens with two attached hydrogens (primary N) is 1. The molecular formula is C15H25ClN2O2. The van der Waals surface area contributed by atoms with Crippen molar-refractivity contribution in [2.75, 3.05) is 7.11 Å². The number of benzene rings is 1. The van der Waals surface area contributed by atoms with Crippen LogP contribution in [0.2, 0.25) is 0 Å². The molecular weight excluding hydrogens is 276 g/mol. The summed E-state index contributed by atoms with van der Waals surface area (Å²) in [5.41, 5.74) is 7.34. The third-order valence-electron chi connectivity index (χ3n) is 3.15. The summed E-state index contributed by atoms with van der Waals surface area (Å²) in [6.07, 6.45) is 1.57. The van der Waals surface area contributed by atoms with Gasteiger partial charge in [0.25, 0.3) is 0 Å². The van der Waals surface area contributed by atoms with Gasteiger partial charge in [0.1, 0.15) is 0 Å². The highest BCUT2D eigenvalue weighted by atomic mass is 35.5. The molecule has 0 spiro atoms. The highest BCUT2D eigenvalue weighted by Crippen LogP contribution is 2.12. The highest BCUT2D eigenvalue weighted by molar-refractivity contribution is 5.85. The van der Waals surface area contributed by atoms with E-state index >= 15 is 0 Å². The lowest BCUT2D eigenvalue weighted by molar-refractivity contribution is -0.126. The maximum Gasteiger partial charge on any atom is 0.240 e. The molecule has 0 aliphatic rings. The van der Waals surface area contributed by atoms with Crippen molar-refractivity contribution >= 4 is 18.3 Å². The number of rotatable bonds is 7. The zero-order valence-electron chi connectivity index (χ0n) is 12.4. The van der Waals surface area contributed by atoms with Crippen molar-refractivity contribution in [3.8, 4) is 0 Å². The van der Waals surface area contributed by atoms with Crippen LogP contribution in [-0.4, -0.2) is 18.6 Å². The number of carbonyl (C=O) groups excluding carboxylic acids is 1. The summed E-state index contributed by atoms with van der Waals surface area (Å²) in [6, 6.07) is 7.90. The van der Waals surface area contributed by atoms with Crippen molar-refractivity contribution in [3.05, 3.63) is 35.4 Å². The first-order valence-electron chi connectivity index (χ1n) is 6.64. The summed E-state index contributed by atoms with van der Waals surface area (Å²) < 4.78 is 5.14. The van der Waals surface area contributed by atoms with Crippen LogP contribution in [0.15, 0.2) is 24.3 Å². The van der Waals surface area contributed by atoms with Crippen LogP contribution >= 0.6 is 12.4 Å². The summed E-state index contributed by atoms with van der Waals surface area (Å²) in [5.74, 6) is -0.110. The predicted octanol–water partition coefficient (Wildman–Crippen LogP) is 2.39. The second-order valence-corrected chi connectivity index (χ2v) is 5.05. The molecule has 1 atom stereocenters. The average Bonchev–Trinajstić information content (AvgIpc) is 2.37. The normalized spacial score (nSPS) is 13.2. The Kier molecular flexibility index (Phi) is 8.46. The largest absolute Gasteiger partial charge is 0.380 e. The zero-order chi connectivity index (χ0) is 14.3. The van der Waals surface area contributed by atoms with E-state index in [0.717, 1.165) is 17.5 Å². The monoisotopic (exact) mass is 300 g/mol. The van der Waals surface area contributed by atoms with Gasteiger partial charge in [-0.05, 0) is 24.5 Å². The molecule has 0 saturated carbocycles. The number of halogens is 1. The van der Waals surface area contributed by atoms with Crippen molar-refractivity contribution in [2.45, 2.75) is 45.4 Å². The van der Waals surface area contributed by atoms with Crippen LogP contribution in [-0.2, 0) is 22.7 Å². The average molecular weight is 301 g/mol. The van der Waals surface area contributed by atoms with Crippen LogP contribution in [0.25, 0.3) is 0 Å². The molecule has 1 aromatic rings. The van der Waals surface area contributed by atoms with Gasteiger partial charge in [-0.1, -0.05) is 37.6 Å². The van der Waals surface area contributed by atoms with Gasteiger partial charge in [0, 0.05) is 13.7 Å². The summed E-state index contributed by atoms with van der Waals surface area (Å²) in [5, 5.41) is 2.90. The third-order valence-corrected chi connectivity index (χ3v) is 3.15. The van der Waals surface area contributed by atoms with Crippen LogP contribution < -0.4 is 11.1 Å². The molecule has 1 aromatic carbocycles. The van der Waals surface area contributed by atoms with Crippen molar-refractivity contribution < 1.29 is 9.53 Å². The Morgan fingerprint density at radius 1 is 1.35 bits per heavy atom. The molecule has 1 rings (SSSR count). The standard InChI is InChI=1S/C15H24N2O2.ClH/c1-4-9-15(2,16)14(18)17-10-12-7-5-6-8-13(12)11-19-3;/h5-8H,4,9-11,16H2,1-3H3,(H,17,18);1H. The fourth-order valence-electron chi connectivity index (χ4n) is 2.04. The molecule has 0 aliphatic carbocycles. The topological polar surface area (TPSA) is 64.4 Å². The Morgan fingerprint density at radius 3 is 2.50 bits per heavy atom. The minimum atomic E-state index is -0.801. The van der Waals surface area contributed by atoms with Gasteiger partial charge >= 0.3 is 0 Å². The van der Waals surface area contributed by atoms with Gasteiger partial charge in [-0.3, -0.25) is 4.79 Å². The molecule has 0 saturated heterocycles. The van der Waals surface area contributed by atoms with E-state index in [-0.39, 0.29) is 18.3 Å². The Labute approximate surface area is 127 Å². The minimum absolute atomic E-state index is 0. The number of nitrogens with one attached hydrogen (secondary N) is 1. The lowest BCUT2D eigenvalue weighted by Gasteiger charge is -2.23. The predicted molar refractivity (Wildman–Crippen MR) is 83.8 cm³/mol. The summed E-state index contributed by atoms with van der Waals surface area (Å²) in [6.45, 7) is 4.81. The molecule has 4 nitrogen and oxygen atoms in total. The molecule has 20 heavy (non-hydrogen) atoms. The second-order valence-electron chi connectivity index (χ2n) is 5.05. The molecule has 0 aromatic heterocycles. The van der Waals surface area contributed by atoms with E-state index in [1.54, 1.807) is 14.0 Å².